The molecule has 0 bridgehead atoms. The maximum absolute atomic E-state index is 10.2. The molecule has 0 saturated heterocycles. The number of allylic oxidation sites excluding steroid dienone is 1. The highest BCUT2D eigenvalue weighted by Crippen LogP contribution is 2.30. The molecule has 1 N–H and O–H groups in total. The zero-order valence-electron chi connectivity index (χ0n) is 9.07. The Kier molecular flexibility index (Phi) is 3.54. The molecule has 0 fully saturated rings. The van der Waals surface area contributed by atoms with E-state index in [0.29, 0.717) is 0 Å². The fourth-order valence-corrected chi connectivity index (χ4v) is 2.77. The largest absolute Gasteiger partial charge is 0.381 e. The highest BCUT2D eigenvalue weighted by Gasteiger charge is 2.17. The number of hydrogen-bond donors (Lipinski definition) is 1. The van der Waals surface area contributed by atoms with Crippen molar-refractivity contribution in [2.75, 3.05) is 0 Å². The lowest BCUT2D eigenvalue weighted by Gasteiger charge is -2.11. The van der Waals surface area contributed by atoms with Crippen LogP contribution < -0.4 is 0 Å². The van der Waals surface area contributed by atoms with Gasteiger partial charge in [-0.3, -0.25) is 0 Å². The van der Waals surface area contributed by atoms with Gasteiger partial charge in [0.1, 0.15) is 11.1 Å². The van der Waals surface area contributed by atoms with Crippen LogP contribution in [0, 0.1) is 6.92 Å². The molecule has 1 aliphatic carbocycles. The lowest BCUT2D eigenvalue weighted by atomic mass is 10.1. The Hall–Kier alpha value is -0.670. The van der Waals surface area contributed by atoms with E-state index in [-0.39, 0.29) is 0 Å². The molecule has 3 heteroatoms. The number of nitrogens with zero attached hydrogens (tertiary/aromatic N) is 1. The quantitative estimate of drug-likeness (QED) is 0.780. The third-order valence-corrected chi connectivity index (χ3v) is 3.81. The SMILES string of the molecule is Cc1csc(C(O)C2=CCCCCC2)n1. The molecule has 82 valence electrons. The zero-order chi connectivity index (χ0) is 10.7. The molecule has 0 aliphatic heterocycles. The third-order valence-electron chi connectivity index (χ3n) is 2.80. The van der Waals surface area contributed by atoms with Crippen molar-refractivity contribution in [3.63, 3.8) is 0 Å². The van der Waals surface area contributed by atoms with Crippen LogP contribution in [0.2, 0.25) is 0 Å². The van der Waals surface area contributed by atoms with Gasteiger partial charge in [0.05, 0.1) is 0 Å². The summed E-state index contributed by atoms with van der Waals surface area (Å²) in [6.07, 6.45) is 7.62. The van der Waals surface area contributed by atoms with Crippen molar-refractivity contribution in [3.05, 3.63) is 27.7 Å². The van der Waals surface area contributed by atoms with E-state index < -0.39 is 6.10 Å². The van der Waals surface area contributed by atoms with E-state index in [1.54, 1.807) is 11.3 Å². The van der Waals surface area contributed by atoms with Crippen LogP contribution in [0.4, 0.5) is 0 Å². The number of aliphatic hydroxyl groups is 1. The van der Waals surface area contributed by atoms with Crippen molar-refractivity contribution >= 4 is 11.3 Å². The Morgan fingerprint density at radius 3 is 3.00 bits per heavy atom. The van der Waals surface area contributed by atoms with E-state index in [1.165, 1.54) is 24.8 Å². The molecule has 1 heterocycles. The highest BCUT2D eigenvalue weighted by atomic mass is 32.1. The molecule has 0 radical (unpaired) electrons. The van der Waals surface area contributed by atoms with E-state index in [9.17, 15) is 5.11 Å². The summed E-state index contributed by atoms with van der Waals surface area (Å²) in [5.41, 5.74) is 2.17. The average molecular weight is 223 g/mol. The fourth-order valence-electron chi connectivity index (χ4n) is 1.94. The Balaban J connectivity index is 2.12. The third kappa shape index (κ3) is 2.67. The lowest BCUT2D eigenvalue weighted by Crippen LogP contribution is -2.01. The normalized spacial score (nSPS) is 19.5. The van der Waals surface area contributed by atoms with Crippen molar-refractivity contribution in [1.29, 1.82) is 0 Å². The number of aliphatic hydroxyl groups excluding tert-OH is 1. The summed E-state index contributed by atoms with van der Waals surface area (Å²) in [5.74, 6) is 0. The topological polar surface area (TPSA) is 33.1 Å². The molecule has 1 aliphatic rings. The molecule has 15 heavy (non-hydrogen) atoms. The summed E-state index contributed by atoms with van der Waals surface area (Å²) in [4.78, 5) is 4.34. The monoisotopic (exact) mass is 223 g/mol. The van der Waals surface area contributed by atoms with E-state index in [1.807, 2.05) is 12.3 Å². The fraction of sp³-hybridized carbons (Fsp3) is 0.583. The molecule has 1 atom stereocenters. The summed E-state index contributed by atoms with van der Waals surface area (Å²) in [6.45, 7) is 1.97. The van der Waals surface area contributed by atoms with Gasteiger partial charge in [0.15, 0.2) is 0 Å². The van der Waals surface area contributed by atoms with Gasteiger partial charge in [0.2, 0.25) is 0 Å². The van der Waals surface area contributed by atoms with Crippen LogP contribution in [0.5, 0.6) is 0 Å². The van der Waals surface area contributed by atoms with E-state index in [4.69, 9.17) is 0 Å². The van der Waals surface area contributed by atoms with Crippen LogP contribution in [-0.4, -0.2) is 10.1 Å². The second-order valence-electron chi connectivity index (χ2n) is 4.11. The summed E-state index contributed by atoms with van der Waals surface area (Å²) >= 11 is 1.56. The van der Waals surface area contributed by atoms with Gasteiger partial charge in [-0.1, -0.05) is 12.5 Å². The summed E-state index contributed by atoms with van der Waals surface area (Å²) in [5, 5.41) is 13.0. The molecule has 1 unspecified atom stereocenters. The molecular weight excluding hydrogens is 206 g/mol. The Morgan fingerprint density at radius 2 is 2.27 bits per heavy atom. The van der Waals surface area contributed by atoms with Crippen LogP contribution in [0.15, 0.2) is 17.0 Å². The van der Waals surface area contributed by atoms with E-state index in [0.717, 1.165) is 23.5 Å². The van der Waals surface area contributed by atoms with Crippen molar-refractivity contribution in [2.24, 2.45) is 0 Å². The predicted molar refractivity (Wildman–Crippen MR) is 63.0 cm³/mol. The number of aryl methyl sites for hydroxylation is 1. The van der Waals surface area contributed by atoms with Crippen molar-refractivity contribution < 1.29 is 5.11 Å². The summed E-state index contributed by atoms with van der Waals surface area (Å²) < 4.78 is 0. The molecule has 0 spiro atoms. The smallest absolute Gasteiger partial charge is 0.127 e. The lowest BCUT2D eigenvalue weighted by molar-refractivity contribution is 0.210. The maximum Gasteiger partial charge on any atom is 0.127 e. The van der Waals surface area contributed by atoms with Crippen molar-refractivity contribution in [2.45, 2.75) is 45.1 Å². The van der Waals surface area contributed by atoms with Gasteiger partial charge >= 0.3 is 0 Å². The molecule has 0 amide bonds. The Bertz CT molecular complexity index is 356. The first-order valence-corrected chi connectivity index (χ1v) is 6.44. The van der Waals surface area contributed by atoms with Crippen LogP contribution in [0.25, 0.3) is 0 Å². The summed E-state index contributed by atoms with van der Waals surface area (Å²) in [7, 11) is 0. The molecule has 0 aromatic carbocycles. The maximum atomic E-state index is 10.2. The standard InChI is InChI=1S/C12H17NOS/c1-9-8-15-12(13-9)11(14)10-6-4-2-3-5-7-10/h6,8,11,14H,2-5,7H2,1H3. The molecule has 2 rings (SSSR count). The number of aromatic nitrogens is 1. The first-order valence-electron chi connectivity index (χ1n) is 5.56. The Labute approximate surface area is 94.7 Å². The first-order chi connectivity index (χ1) is 7.27. The zero-order valence-corrected chi connectivity index (χ0v) is 9.89. The molecule has 0 saturated carbocycles. The van der Waals surface area contributed by atoms with Crippen LogP contribution in [-0.2, 0) is 0 Å². The Morgan fingerprint density at radius 1 is 1.40 bits per heavy atom. The van der Waals surface area contributed by atoms with Crippen molar-refractivity contribution in [3.8, 4) is 0 Å². The van der Waals surface area contributed by atoms with Crippen LogP contribution >= 0.6 is 11.3 Å². The number of rotatable bonds is 2. The number of thiazole rings is 1. The van der Waals surface area contributed by atoms with Gasteiger partial charge < -0.3 is 5.11 Å². The van der Waals surface area contributed by atoms with Gasteiger partial charge in [0, 0.05) is 11.1 Å². The van der Waals surface area contributed by atoms with Gasteiger partial charge in [-0.2, -0.15) is 0 Å². The molecule has 2 nitrogen and oxygen atoms in total. The molecular formula is C12H17NOS. The van der Waals surface area contributed by atoms with Crippen LogP contribution in [0.1, 0.15) is 48.9 Å². The van der Waals surface area contributed by atoms with Gasteiger partial charge in [-0.15, -0.1) is 11.3 Å². The van der Waals surface area contributed by atoms with Gasteiger partial charge in [0.25, 0.3) is 0 Å². The summed E-state index contributed by atoms with van der Waals surface area (Å²) in [6, 6.07) is 0. The first kappa shape index (κ1) is 10.8. The minimum Gasteiger partial charge on any atom is -0.381 e. The second-order valence-corrected chi connectivity index (χ2v) is 5.00. The van der Waals surface area contributed by atoms with E-state index >= 15 is 0 Å². The van der Waals surface area contributed by atoms with Gasteiger partial charge in [-0.25, -0.2) is 4.98 Å². The molecule has 1 aromatic heterocycles. The molecule has 1 aromatic rings. The average Bonchev–Trinajstić information content (AvgIpc) is 2.53. The van der Waals surface area contributed by atoms with E-state index in [2.05, 4.69) is 11.1 Å². The van der Waals surface area contributed by atoms with Gasteiger partial charge in [-0.05, 0) is 38.2 Å². The highest BCUT2D eigenvalue weighted by molar-refractivity contribution is 7.09. The minimum absolute atomic E-state index is 0.457. The van der Waals surface area contributed by atoms with Crippen LogP contribution in [0.3, 0.4) is 0 Å². The second kappa shape index (κ2) is 4.90. The van der Waals surface area contributed by atoms with Crippen molar-refractivity contribution in [1.82, 2.24) is 4.98 Å². The predicted octanol–water partition coefficient (Wildman–Crippen LogP) is 3.38. The number of hydrogen-bond acceptors (Lipinski definition) is 3. The minimum atomic E-state index is -0.457.